The summed E-state index contributed by atoms with van der Waals surface area (Å²) < 4.78 is 48.7. The van der Waals surface area contributed by atoms with Crippen LogP contribution in [0.3, 0.4) is 0 Å². The van der Waals surface area contributed by atoms with Crippen LogP contribution >= 0.6 is 0 Å². The molecule has 2 rings (SSSR count). The first-order valence-corrected chi connectivity index (χ1v) is 10.6. The van der Waals surface area contributed by atoms with Crippen molar-refractivity contribution >= 4 is 13.3 Å². The molecular formula is C17H21F3NSi+. The maximum Gasteiger partial charge on any atom is 0.416 e. The normalized spacial score (nSPS) is 13.2. The average Bonchev–Trinajstić information content (AvgIpc) is 2.36. The lowest BCUT2D eigenvalue weighted by Gasteiger charge is -2.16. The Morgan fingerprint density at radius 2 is 1.77 bits per heavy atom. The Labute approximate surface area is 131 Å². The molecule has 0 saturated heterocycles. The second-order valence-corrected chi connectivity index (χ2v) is 11.7. The van der Waals surface area contributed by atoms with Crippen LogP contribution < -0.4 is 9.75 Å². The number of aryl methyl sites for hydroxylation is 2. The van der Waals surface area contributed by atoms with Gasteiger partial charge in [-0.1, -0.05) is 31.8 Å². The predicted octanol–water partition coefficient (Wildman–Crippen LogP) is 4.05. The van der Waals surface area contributed by atoms with Crippen LogP contribution in [-0.2, 0) is 13.2 Å². The van der Waals surface area contributed by atoms with Crippen molar-refractivity contribution in [2.75, 3.05) is 0 Å². The zero-order valence-electron chi connectivity index (χ0n) is 14.5. The molecule has 22 heavy (non-hydrogen) atoms. The van der Waals surface area contributed by atoms with Gasteiger partial charge in [0.15, 0.2) is 6.20 Å². The van der Waals surface area contributed by atoms with Crippen molar-refractivity contribution in [2.24, 2.45) is 7.05 Å². The van der Waals surface area contributed by atoms with Crippen LogP contribution in [-0.4, -0.2) is 8.07 Å². The SMILES string of the molecule is [2H]c1cc(C)c(-c2ccc([Si](C)(C)C)c[n+]2C)cc1C(F)(F)F. The molecule has 0 saturated carbocycles. The molecule has 1 nitrogen and oxygen atoms in total. The zero-order valence-corrected chi connectivity index (χ0v) is 14.5. The van der Waals surface area contributed by atoms with Gasteiger partial charge in [-0.15, -0.1) is 0 Å². The van der Waals surface area contributed by atoms with Crippen LogP contribution in [0.2, 0.25) is 19.6 Å². The summed E-state index contributed by atoms with van der Waals surface area (Å²) in [6.45, 7) is 8.41. The van der Waals surface area contributed by atoms with E-state index in [0.29, 0.717) is 11.1 Å². The third-order valence-corrected chi connectivity index (χ3v) is 5.77. The Kier molecular flexibility index (Phi) is 3.85. The van der Waals surface area contributed by atoms with Crippen LogP contribution in [0.15, 0.2) is 36.5 Å². The molecule has 0 N–H and O–H groups in total. The zero-order chi connectivity index (χ0) is 17.6. The lowest BCUT2D eigenvalue weighted by molar-refractivity contribution is -0.659. The highest BCUT2D eigenvalue weighted by atomic mass is 28.3. The van der Waals surface area contributed by atoms with Crippen molar-refractivity contribution in [2.45, 2.75) is 32.7 Å². The van der Waals surface area contributed by atoms with Gasteiger partial charge in [-0.25, -0.2) is 4.57 Å². The molecule has 2 aromatic rings. The second kappa shape index (κ2) is 5.54. The molecule has 0 aliphatic carbocycles. The molecule has 0 spiro atoms. The summed E-state index contributed by atoms with van der Waals surface area (Å²) in [6, 6.07) is 5.76. The minimum absolute atomic E-state index is 0.486. The molecule has 0 unspecified atom stereocenters. The number of pyridine rings is 1. The van der Waals surface area contributed by atoms with E-state index < -0.39 is 25.9 Å². The summed E-state index contributed by atoms with van der Waals surface area (Å²) in [5.41, 5.74) is 1.000. The molecule has 0 aliphatic rings. The third kappa shape index (κ3) is 3.40. The molecule has 0 amide bonds. The summed E-state index contributed by atoms with van der Waals surface area (Å²) in [4.78, 5) is 0. The van der Waals surface area contributed by atoms with Crippen LogP contribution in [0.1, 0.15) is 12.5 Å². The van der Waals surface area contributed by atoms with Gasteiger partial charge in [0, 0.05) is 16.8 Å². The fourth-order valence-electron chi connectivity index (χ4n) is 2.33. The first kappa shape index (κ1) is 15.3. The molecule has 5 heteroatoms. The molecule has 0 bridgehead atoms. The summed E-state index contributed by atoms with van der Waals surface area (Å²) >= 11 is 0. The van der Waals surface area contributed by atoms with Gasteiger partial charge in [-0.2, -0.15) is 13.2 Å². The second-order valence-electron chi connectivity index (χ2n) is 6.61. The lowest BCUT2D eigenvalue weighted by Crippen LogP contribution is -2.45. The van der Waals surface area contributed by atoms with Crippen molar-refractivity contribution in [1.82, 2.24) is 0 Å². The fraction of sp³-hybridized carbons (Fsp3) is 0.353. The molecule has 0 radical (unpaired) electrons. The average molecular weight is 325 g/mol. The van der Waals surface area contributed by atoms with Gasteiger partial charge in [-0.05, 0) is 24.6 Å². The number of aromatic nitrogens is 1. The number of alkyl halides is 3. The van der Waals surface area contributed by atoms with Gasteiger partial charge in [0.1, 0.15) is 7.05 Å². The first-order chi connectivity index (χ1) is 10.4. The fourth-order valence-corrected chi connectivity index (χ4v) is 3.50. The molecule has 1 aromatic carbocycles. The first-order valence-electron chi connectivity index (χ1n) is 7.60. The minimum atomic E-state index is -4.52. The van der Waals surface area contributed by atoms with E-state index >= 15 is 0 Å². The van der Waals surface area contributed by atoms with Crippen molar-refractivity contribution < 1.29 is 19.1 Å². The number of benzene rings is 1. The van der Waals surface area contributed by atoms with Gasteiger partial charge in [0.25, 0.3) is 0 Å². The molecule has 0 fully saturated rings. The summed E-state index contributed by atoms with van der Waals surface area (Å²) in [5, 5.41) is 1.24. The van der Waals surface area contributed by atoms with E-state index in [9.17, 15) is 13.2 Å². The molecular weight excluding hydrogens is 303 g/mol. The van der Waals surface area contributed by atoms with Crippen LogP contribution in [0.25, 0.3) is 11.3 Å². The Bertz CT molecular complexity index is 749. The quantitative estimate of drug-likeness (QED) is 0.579. The van der Waals surface area contributed by atoms with Crippen LogP contribution in [0.5, 0.6) is 0 Å². The van der Waals surface area contributed by atoms with Gasteiger partial charge in [-0.3, -0.25) is 0 Å². The lowest BCUT2D eigenvalue weighted by atomic mass is 10.0. The monoisotopic (exact) mass is 325 g/mol. The highest BCUT2D eigenvalue weighted by Gasteiger charge is 2.31. The highest BCUT2D eigenvalue weighted by molar-refractivity contribution is 6.88. The maximum atomic E-state index is 13.1. The molecule has 118 valence electrons. The van der Waals surface area contributed by atoms with Crippen molar-refractivity contribution in [1.29, 1.82) is 0 Å². The van der Waals surface area contributed by atoms with E-state index in [4.69, 9.17) is 1.37 Å². The number of halogens is 3. The Balaban J connectivity index is 2.63. The number of hydrogen-bond acceptors (Lipinski definition) is 0. The minimum Gasteiger partial charge on any atom is -0.201 e. The van der Waals surface area contributed by atoms with Gasteiger partial charge >= 0.3 is 6.18 Å². The van der Waals surface area contributed by atoms with E-state index in [0.717, 1.165) is 11.8 Å². The molecule has 0 aliphatic heterocycles. The number of rotatable bonds is 2. The number of hydrogen-bond donors (Lipinski definition) is 0. The Hall–Kier alpha value is -1.62. The largest absolute Gasteiger partial charge is 0.416 e. The third-order valence-electron chi connectivity index (χ3n) is 3.74. The van der Waals surface area contributed by atoms with Gasteiger partial charge < -0.3 is 0 Å². The smallest absolute Gasteiger partial charge is 0.201 e. The summed E-state index contributed by atoms with van der Waals surface area (Å²) in [6.07, 6.45) is -2.51. The van der Waals surface area contributed by atoms with Gasteiger partial charge in [0.2, 0.25) is 5.69 Å². The standard InChI is InChI=1S/C17H21F3NSi/c1-12-6-7-13(17(18,19)20)10-15(12)16-9-8-14(11-21(16)2)22(3,4)5/h6-11H,1-5H3/q+1/i7D. The van der Waals surface area contributed by atoms with Crippen LogP contribution in [0, 0.1) is 6.92 Å². The summed E-state index contributed by atoms with van der Waals surface area (Å²) in [7, 11) is 0.365. The predicted molar refractivity (Wildman–Crippen MR) is 85.8 cm³/mol. The Morgan fingerprint density at radius 1 is 1.14 bits per heavy atom. The van der Waals surface area contributed by atoms with E-state index in [1.165, 1.54) is 11.3 Å². The van der Waals surface area contributed by atoms with E-state index in [2.05, 4.69) is 19.6 Å². The number of nitrogens with zero attached hydrogens (tertiary/aromatic N) is 1. The molecule has 1 heterocycles. The molecule has 0 atom stereocenters. The molecule has 1 aromatic heterocycles. The van der Waals surface area contributed by atoms with Crippen LogP contribution in [0.4, 0.5) is 13.2 Å². The van der Waals surface area contributed by atoms with Gasteiger partial charge in [0.05, 0.1) is 15.0 Å². The van der Waals surface area contributed by atoms with E-state index in [-0.39, 0.29) is 0 Å². The van der Waals surface area contributed by atoms with E-state index in [1.54, 1.807) is 6.92 Å². The Morgan fingerprint density at radius 3 is 2.27 bits per heavy atom. The van der Waals surface area contributed by atoms with Crippen molar-refractivity contribution in [3.05, 3.63) is 47.6 Å². The highest BCUT2D eigenvalue weighted by Crippen LogP contribution is 2.32. The van der Waals surface area contributed by atoms with Crippen molar-refractivity contribution in [3.8, 4) is 11.3 Å². The van der Waals surface area contributed by atoms with E-state index in [1.807, 2.05) is 29.9 Å². The van der Waals surface area contributed by atoms with Crippen molar-refractivity contribution in [3.63, 3.8) is 0 Å². The topological polar surface area (TPSA) is 3.88 Å². The summed E-state index contributed by atoms with van der Waals surface area (Å²) in [5.74, 6) is 0. The maximum absolute atomic E-state index is 13.1.